The van der Waals surface area contributed by atoms with Gasteiger partial charge in [0, 0.05) is 19.6 Å². The third kappa shape index (κ3) is 7.35. The fourth-order valence-corrected chi connectivity index (χ4v) is 6.40. The second kappa shape index (κ2) is 12.6. The number of nitrogens with one attached hydrogen (secondary N) is 2. The van der Waals surface area contributed by atoms with Crippen LogP contribution in [-0.2, 0) is 30.8 Å². The van der Waals surface area contributed by atoms with Gasteiger partial charge in [-0.1, -0.05) is 26.0 Å². The van der Waals surface area contributed by atoms with Crippen LogP contribution in [0.25, 0.3) is 0 Å². The lowest BCUT2D eigenvalue weighted by molar-refractivity contribution is -0.158. The zero-order valence-corrected chi connectivity index (χ0v) is 22.7. The predicted molar refractivity (Wildman–Crippen MR) is 142 cm³/mol. The second-order valence-corrected chi connectivity index (χ2v) is 11.7. The third-order valence-corrected chi connectivity index (χ3v) is 8.36. The number of fused-ring (bicyclic) bond motifs is 1. The van der Waals surface area contributed by atoms with Crippen molar-refractivity contribution in [1.82, 2.24) is 9.62 Å². The molecule has 0 radical (unpaired) electrons. The maximum absolute atomic E-state index is 13.8. The van der Waals surface area contributed by atoms with Crippen LogP contribution in [0.1, 0.15) is 52.0 Å². The van der Waals surface area contributed by atoms with Crippen molar-refractivity contribution in [2.75, 3.05) is 31.6 Å². The summed E-state index contributed by atoms with van der Waals surface area (Å²) in [5.41, 5.74) is 12.3. The molecule has 0 aromatic heterocycles. The number of ether oxygens (including phenoxy) is 1. The SMILES string of the molecule is CCOC(=O)[C@H]1C[C@H](C)CCN1C(=O)[C@@H](CCCN=C(N)N)NS(=O)(=O)c1cccc2c1NCC(C)C2. The number of hydrogen-bond acceptors (Lipinski definition) is 7. The summed E-state index contributed by atoms with van der Waals surface area (Å²) in [7, 11) is -4.08. The van der Waals surface area contributed by atoms with Crippen LogP contribution in [0.15, 0.2) is 28.1 Å². The van der Waals surface area contributed by atoms with E-state index in [0.717, 1.165) is 12.0 Å². The molecule has 0 spiro atoms. The highest BCUT2D eigenvalue weighted by Crippen LogP contribution is 2.32. The number of esters is 1. The Morgan fingerprint density at radius 3 is 2.73 bits per heavy atom. The average Bonchev–Trinajstić information content (AvgIpc) is 2.84. The summed E-state index contributed by atoms with van der Waals surface area (Å²) in [4.78, 5) is 32.0. The summed E-state index contributed by atoms with van der Waals surface area (Å²) in [6.45, 7) is 7.28. The zero-order valence-electron chi connectivity index (χ0n) is 21.9. The molecule has 1 aromatic rings. The molecule has 206 valence electrons. The summed E-state index contributed by atoms with van der Waals surface area (Å²) >= 11 is 0. The van der Waals surface area contributed by atoms with Gasteiger partial charge in [0.2, 0.25) is 15.9 Å². The van der Waals surface area contributed by atoms with Crippen molar-refractivity contribution in [2.24, 2.45) is 28.3 Å². The van der Waals surface area contributed by atoms with Gasteiger partial charge in [0.1, 0.15) is 17.0 Å². The molecule has 2 aliphatic rings. The van der Waals surface area contributed by atoms with Gasteiger partial charge in [-0.25, -0.2) is 13.2 Å². The molecule has 1 aromatic carbocycles. The molecule has 11 nitrogen and oxygen atoms in total. The fourth-order valence-electron chi connectivity index (χ4n) is 4.95. The molecule has 1 amide bonds. The molecule has 0 saturated carbocycles. The minimum atomic E-state index is -4.08. The second-order valence-electron chi connectivity index (χ2n) is 10.0. The molecule has 6 N–H and O–H groups in total. The van der Waals surface area contributed by atoms with E-state index in [-0.39, 0.29) is 36.3 Å². The summed E-state index contributed by atoms with van der Waals surface area (Å²) in [6.07, 6.45) is 2.47. The number of benzene rings is 1. The fraction of sp³-hybridized carbons (Fsp3) is 0.640. The van der Waals surface area contributed by atoms with Crippen molar-refractivity contribution in [3.05, 3.63) is 23.8 Å². The lowest BCUT2D eigenvalue weighted by Gasteiger charge is -2.38. The Kier molecular flexibility index (Phi) is 9.77. The molecule has 0 aliphatic carbocycles. The summed E-state index contributed by atoms with van der Waals surface area (Å²) in [5.74, 6) is -0.388. The van der Waals surface area contributed by atoms with Gasteiger partial charge in [-0.3, -0.25) is 9.79 Å². The number of carbonyl (C=O) groups is 2. The summed E-state index contributed by atoms with van der Waals surface area (Å²) in [6, 6.07) is 3.31. The van der Waals surface area contributed by atoms with Crippen LogP contribution >= 0.6 is 0 Å². The van der Waals surface area contributed by atoms with Gasteiger partial charge in [0.05, 0.1) is 12.3 Å². The molecule has 0 bridgehead atoms. The number of likely N-dealkylation sites (tertiary alicyclic amines) is 1. The van der Waals surface area contributed by atoms with E-state index >= 15 is 0 Å². The van der Waals surface area contributed by atoms with Gasteiger partial charge in [-0.15, -0.1) is 0 Å². The van der Waals surface area contributed by atoms with Crippen LogP contribution in [0.4, 0.5) is 5.69 Å². The molecular weight excluding hydrogens is 496 g/mol. The Balaban J connectivity index is 1.89. The highest BCUT2D eigenvalue weighted by atomic mass is 32.2. The van der Waals surface area contributed by atoms with Crippen LogP contribution in [0.2, 0.25) is 0 Å². The Bertz CT molecular complexity index is 1100. The smallest absolute Gasteiger partial charge is 0.328 e. The van der Waals surface area contributed by atoms with Gasteiger partial charge < -0.3 is 26.4 Å². The number of amides is 1. The Labute approximate surface area is 219 Å². The predicted octanol–water partition coefficient (Wildman–Crippen LogP) is 1.18. The molecule has 2 heterocycles. The van der Waals surface area contributed by atoms with Gasteiger partial charge in [-0.05, 0) is 62.5 Å². The Morgan fingerprint density at radius 1 is 1.27 bits per heavy atom. The Hall–Kier alpha value is -2.86. The van der Waals surface area contributed by atoms with Gasteiger partial charge in [0.15, 0.2) is 5.96 Å². The van der Waals surface area contributed by atoms with E-state index < -0.39 is 34.0 Å². The van der Waals surface area contributed by atoms with E-state index in [0.29, 0.717) is 44.0 Å². The number of anilines is 1. The van der Waals surface area contributed by atoms with Crippen LogP contribution in [0.5, 0.6) is 0 Å². The summed E-state index contributed by atoms with van der Waals surface area (Å²) in [5, 5.41) is 3.24. The van der Waals surface area contributed by atoms with Crippen LogP contribution < -0.4 is 21.5 Å². The first-order chi connectivity index (χ1) is 17.5. The van der Waals surface area contributed by atoms with Crippen molar-refractivity contribution in [1.29, 1.82) is 0 Å². The van der Waals surface area contributed by atoms with E-state index in [1.54, 1.807) is 13.0 Å². The first kappa shape index (κ1) is 28.7. The largest absolute Gasteiger partial charge is 0.464 e. The number of aliphatic imine (C=N–C) groups is 1. The van der Waals surface area contributed by atoms with Crippen LogP contribution in [-0.4, -0.2) is 69.5 Å². The number of rotatable bonds is 10. The molecule has 4 atom stereocenters. The molecular formula is C25H40N6O5S. The number of piperidine rings is 1. The average molecular weight is 537 g/mol. The van der Waals surface area contributed by atoms with Gasteiger partial charge in [0.25, 0.3) is 0 Å². The quantitative estimate of drug-likeness (QED) is 0.150. The molecule has 1 unspecified atom stereocenters. The van der Waals surface area contributed by atoms with Crippen LogP contribution in [0.3, 0.4) is 0 Å². The molecule has 1 fully saturated rings. The third-order valence-electron chi connectivity index (χ3n) is 6.84. The van der Waals surface area contributed by atoms with Crippen LogP contribution in [0, 0.1) is 11.8 Å². The minimum absolute atomic E-state index is 0.0768. The van der Waals surface area contributed by atoms with E-state index in [9.17, 15) is 18.0 Å². The first-order valence-corrected chi connectivity index (χ1v) is 14.4. The number of nitrogens with two attached hydrogens (primary N) is 2. The number of hydrogen-bond donors (Lipinski definition) is 4. The number of sulfonamides is 1. The number of guanidine groups is 1. The number of para-hydroxylation sites is 1. The van der Waals surface area contributed by atoms with Gasteiger partial charge in [-0.2, -0.15) is 4.72 Å². The van der Waals surface area contributed by atoms with Crippen molar-refractivity contribution >= 4 is 33.5 Å². The molecule has 1 saturated heterocycles. The van der Waals surface area contributed by atoms with Crippen molar-refractivity contribution in [3.8, 4) is 0 Å². The molecule has 3 rings (SSSR count). The van der Waals surface area contributed by atoms with Crippen molar-refractivity contribution in [2.45, 2.75) is 69.9 Å². The number of nitrogens with zero attached hydrogens (tertiary/aromatic N) is 2. The topological polar surface area (TPSA) is 169 Å². The first-order valence-electron chi connectivity index (χ1n) is 12.9. The Morgan fingerprint density at radius 2 is 2.03 bits per heavy atom. The zero-order chi connectivity index (χ0) is 27.2. The van der Waals surface area contributed by atoms with E-state index in [1.807, 2.05) is 13.0 Å². The monoisotopic (exact) mass is 536 g/mol. The maximum atomic E-state index is 13.8. The van der Waals surface area contributed by atoms with Crippen molar-refractivity contribution < 1.29 is 22.7 Å². The maximum Gasteiger partial charge on any atom is 0.328 e. The lowest BCUT2D eigenvalue weighted by atomic mass is 9.91. The minimum Gasteiger partial charge on any atom is -0.464 e. The van der Waals surface area contributed by atoms with E-state index in [2.05, 4.69) is 22.0 Å². The van der Waals surface area contributed by atoms with Gasteiger partial charge >= 0.3 is 5.97 Å². The van der Waals surface area contributed by atoms with Crippen molar-refractivity contribution in [3.63, 3.8) is 0 Å². The normalized spacial score (nSPS) is 22.4. The molecule has 12 heteroatoms. The number of carbonyl (C=O) groups excluding carboxylic acids is 2. The highest BCUT2D eigenvalue weighted by Gasteiger charge is 2.40. The standard InChI is InChI=1S/C25H40N6O5S/c1-4-36-24(33)20-14-16(2)10-12-31(20)23(32)19(8-6-11-28-25(26)27)30-37(34,35)21-9-5-7-18-13-17(3)15-29-22(18)21/h5,7,9,16-17,19-20,29-30H,4,6,8,10-15H2,1-3H3,(H4,26,27,28)/t16-,17?,19-,20-/m1/s1. The van der Waals surface area contributed by atoms with E-state index in [1.165, 1.54) is 11.0 Å². The lowest BCUT2D eigenvalue weighted by Crippen LogP contribution is -2.56. The molecule has 2 aliphatic heterocycles. The highest BCUT2D eigenvalue weighted by molar-refractivity contribution is 7.89. The van der Waals surface area contributed by atoms with E-state index in [4.69, 9.17) is 16.2 Å². The summed E-state index contributed by atoms with van der Waals surface area (Å²) < 4.78 is 35.1. The molecule has 37 heavy (non-hydrogen) atoms.